The molecule has 0 aromatic carbocycles. The predicted octanol–water partition coefficient (Wildman–Crippen LogP) is 7.82. The first-order valence-electron chi connectivity index (χ1n) is 11.9. The molecule has 0 bridgehead atoms. The maximum absolute atomic E-state index is 10.2. The van der Waals surface area contributed by atoms with Crippen molar-refractivity contribution < 1.29 is 5.11 Å². The van der Waals surface area contributed by atoms with Crippen molar-refractivity contribution in [2.45, 2.75) is 122 Å². The molecule has 27 heavy (non-hydrogen) atoms. The Morgan fingerprint density at radius 2 is 1.41 bits per heavy atom. The number of aromatic amines is 1. The molecule has 2 nitrogen and oxygen atoms in total. The number of aromatic nitrogens is 1. The van der Waals surface area contributed by atoms with Gasteiger partial charge in [0.15, 0.2) is 0 Å². The van der Waals surface area contributed by atoms with E-state index in [1.807, 2.05) is 0 Å². The molecule has 0 fully saturated rings. The Kier molecular flexibility index (Phi) is 13.9. The number of aliphatic hydroxyl groups is 1. The van der Waals surface area contributed by atoms with Gasteiger partial charge in [-0.2, -0.15) is 0 Å². The number of rotatable bonds is 17. The summed E-state index contributed by atoms with van der Waals surface area (Å²) in [4.78, 5) is 3.63. The average molecular weight is 484 g/mol. The molecule has 2 unspecified atom stereocenters. The van der Waals surface area contributed by atoms with E-state index < -0.39 is 18.4 Å². The minimum absolute atomic E-state index is 0.0918. The van der Waals surface area contributed by atoms with E-state index in [0.29, 0.717) is 0 Å². The van der Waals surface area contributed by atoms with E-state index in [2.05, 4.69) is 51.0 Å². The predicted molar refractivity (Wildman–Crippen MR) is 123 cm³/mol. The molecule has 0 saturated heterocycles. The molecule has 3 heteroatoms. The standard InChI is InChI=1S/C12H20NO.3C4H9.Sn/c1-2-6-12(14)9-4-3-7-11-8-5-10-13-11;3*1-3-4-2;/h5,7-8,10,12-14H,2-4,6,9H2,1H3;3*1,3-4H2,2H3;. The van der Waals surface area contributed by atoms with Crippen LogP contribution in [0.2, 0.25) is 13.3 Å². The van der Waals surface area contributed by atoms with Crippen LogP contribution in [0, 0.1) is 0 Å². The molecule has 1 heterocycles. The van der Waals surface area contributed by atoms with Crippen LogP contribution in [-0.4, -0.2) is 34.6 Å². The summed E-state index contributed by atoms with van der Waals surface area (Å²) in [7, 11) is 0. The van der Waals surface area contributed by atoms with E-state index in [4.69, 9.17) is 0 Å². The van der Waals surface area contributed by atoms with Crippen molar-refractivity contribution in [2.75, 3.05) is 0 Å². The Balaban J connectivity index is 3.02. The second-order valence-electron chi connectivity index (χ2n) is 8.72. The second-order valence-corrected chi connectivity index (χ2v) is 22.8. The number of nitrogens with one attached hydrogen (secondary N) is 1. The molecular formula is C24H47NOSn. The average Bonchev–Trinajstić information content (AvgIpc) is 3.20. The molecule has 0 aliphatic carbocycles. The summed E-state index contributed by atoms with van der Waals surface area (Å²) in [5.74, 6) is 0. The summed E-state index contributed by atoms with van der Waals surface area (Å²) in [6, 6.07) is 4.56. The fraction of sp³-hybridized carbons (Fsp3) is 0.833. The van der Waals surface area contributed by atoms with Gasteiger partial charge in [-0.3, -0.25) is 0 Å². The molecule has 0 saturated carbocycles. The molecule has 158 valence electrons. The minimum atomic E-state index is -2.33. The van der Waals surface area contributed by atoms with Gasteiger partial charge in [0, 0.05) is 0 Å². The molecule has 0 aliphatic rings. The van der Waals surface area contributed by atoms with Gasteiger partial charge in [0.1, 0.15) is 0 Å². The first-order chi connectivity index (χ1) is 13.1. The molecule has 2 atom stereocenters. The third-order valence-electron chi connectivity index (χ3n) is 6.47. The van der Waals surface area contributed by atoms with Crippen LogP contribution < -0.4 is 0 Å². The zero-order chi connectivity index (χ0) is 20.0. The van der Waals surface area contributed by atoms with Gasteiger partial charge >= 0.3 is 174 Å². The van der Waals surface area contributed by atoms with Gasteiger partial charge in [-0.05, 0) is 0 Å². The van der Waals surface area contributed by atoms with Crippen molar-refractivity contribution in [3.63, 3.8) is 0 Å². The summed E-state index contributed by atoms with van der Waals surface area (Å²) >= 11 is -2.33. The first kappa shape index (κ1) is 25.1. The van der Waals surface area contributed by atoms with Crippen LogP contribution in [0.3, 0.4) is 0 Å². The molecular weight excluding hydrogens is 437 g/mol. The van der Waals surface area contributed by atoms with Crippen molar-refractivity contribution in [3.8, 4) is 0 Å². The second kappa shape index (κ2) is 15.0. The number of hydrogen-bond acceptors (Lipinski definition) is 1. The SMILES string of the molecule is CCC[CH2][Sn]([CH2]CCC)([CH2]CCC)[CH](CCCC(O)CCC)c1ccc[nH]1. The van der Waals surface area contributed by atoms with Crippen LogP contribution >= 0.6 is 0 Å². The van der Waals surface area contributed by atoms with E-state index >= 15 is 0 Å². The molecule has 1 rings (SSSR count). The molecule has 1 aromatic heterocycles. The van der Waals surface area contributed by atoms with Crippen molar-refractivity contribution in [1.82, 2.24) is 4.98 Å². The topological polar surface area (TPSA) is 36.0 Å². The third kappa shape index (κ3) is 8.93. The van der Waals surface area contributed by atoms with Crippen LogP contribution in [0.25, 0.3) is 0 Å². The quantitative estimate of drug-likeness (QED) is 0.217. The van der Waals surface area contributed by atoms with Crippen LogP contribution in [0.15, 0.2) is 18.3 Å². The van der Waals surface area contributed by atoms with Crippen molar-refractivity contribution in [3.05, 3.63) is 24.0 Å². The molecule has 0 spiro atoms. The van der Waals surface area contributed by atoms with Gasteiger partial charge in [-0.15, -0.1) is 0 Å². The van der Waals surface area contributed by atoms with Crippen molar-refractivity contribution >= 4 is 18.4 Å². The third-order valence-corrected chi connectivity index (χ3v) is 24.0. The Morgan fingerprint density at radius 1 is 0.815 bits per heavy atom. The van der Waals surface area contributed by atoms with Gasteiger partial charge in [-0.25, -0.2) is 0 Å². The van der Waals surface area contributed by atoms with E-state index in [-0.39, 0.29) is 6.10 Å². The van der Waals surface area contributed by atoms with E-state index in [0.717, 1.165) is 23.2 Å². The summed E-state index contributed by atoms with van der Waals surface area (Å²) in [5, 5.41) is 10.2. The number of H-pyrrole nitrogens is 1. The monoisotopic (exact) mass is 485 g/mol. The number of hydrogen-bond donors (Lipinski definition) is 2. The number of unbranched alkanes of at least 4 members (excludes halogenated alkanes) is 3. The van der Waals surface area contributed by atoms with Crippen LogP contribution in [0.1, 0.15) is 108 Å². The number of aliphatic hydroxyl groups excluding tert-OH is 1. The van der Waals surface area contributed by atoms with E-state index in [1.54, 1.807) is 13.3 Å². The van der Waals surface area contributed by atoms with Gasteiger partial charge < -0.3 is 0 Å². The van der Waals surface area contributed by atoms with Gasteiger partial charge in [0.2, 0.25) is 0 Å². The fourth-order valence-corrected chi connectivity index (χ4v) is 23.8. The molecule has 0 aliphatic heterocycles. The molecule has 1 aromatic rings. The zero-order valence-electron chi connectivity index (χ0n) is 18.7. The summed E-state index contributed by atoms with van der Waals surface area (Å²) in [5.41, 5.74) is 1.53. The zero-order valence-corrected chi connectivity index (χ0v) is 21.6. The Bertz CT molecular complexity index is 423. The normalized spacial score (nSPS) is 14.4. The fourth-order valence-electron chi connectivity index (χ4n) is 4.87. The van der Waals surface area contributed by atoms with E-state index in [9.17, 15) is 5.11 Å². The summed E-state index contributed by atoms with van der Waals surface area (Å²) in [6.07, 6.45) is 15.9. The van der Waals surface area contributed by atoms with Crippen LogP contribution in [-0.2, 0) is 0 Å². The van der Waals surface area contributed by atoms with Crippen LogP contribution in [0.5, 0.6) is 0 Å². The van der Waals surface area contributed by atoms with Crippen molar-refractivity contribution in [1.29, 1.82) is 0 Å². The van der Waals surface area contributed by atoms with Crippen molar-refractivity contribution in [2.24, 2.45) is 0 Å². The van der Waals surface area contributed by atoms with Gasteiger partial charge in [0.25, 0.3) is 0 Å². The van der Waals surface area contributed by atoms with Crippen LogP contribution in [0.4, 0.5) is 0 Å². The van der Waals surface area contributed by atoms with Gasteiger partial charge in [-0.1, -0.05) is 0 Å². The first-order valence-corrected chi connectivity index (χ1v) is 19.6. The molecule has 0 amide bonds. The summed E-state index contributed by atoms with van der Waals surface area (Å²) < 4.78 is 5.50. The molecule has 0 radical (unpaired) electrons. The Hall–Kier alpha value is 0.0387. The summed E-state index contributed by atoms with van der Waals surface area (Å²) in [6.45, 7) is 9.26. The molecule has 2 N–H and O–H groups in total. The Morgan fingerprint density at radius 3 is 1.85 bits per heavy atom. The maximum atomic E-state index is 10.2. The van der Waals surface area contributed by atoms with Gasteiger partial charge in [0.05, 0.1) is 0 Å². The Labute approximate surface area is 173 Å². The van der Waals surface area contributed by atoms with E-state index in [1.165, 1.54) is 57.1 Å².